The van der Waals surface area contributed by atoms with Crippen molar-refractivity contribution in [3.63, 3.8) is 0 Å². The van der Waals surface area contributed by atoms with Gasteiger partial charge in [0.2, 0.25) is 5.91 Å². The fourth-order valence-corrected chi connectivity index (χ4v) is 4.50. The third kappa shape index (κ3) is 4.69. The zero-order valence-electron chi connectivity index (χ0n) is 18.5. The second-order valence-electron chi connectivity index (χ2n) is 9.32. The van der Waals surface area contributed by atoms with Crippen molar-refractivity contribution >= 4 is 21.6 Å². The van der Waals surface area contributed by atoms with E-state index in [4.69, 9.17) is 0 Å². The molecule has 1 saturated carbocycles. The van der Waals surface area contributed by atoms with Crippen LogP contribution in [0.5, 0.6) is 0 Å². The van der Waals surface area contributed by atoms with Crippen molar-refractivity contribution in [2.45, 2.75) is 75.6 Å². The van der Waals surface area contributed by atoms with E-state index in [9.17, 15) is 13.2 Å². The van der Waals surface area contributed by atoms with E-state index in [1.807, 2.05) is 38.1 Å². The third-order valence-electron chi connectivity index (χ3n) is 5.89. The van der Waals surface area contributed by atoms with Gasteiger partial charge in [0, 0.05) is 11.7 Å². The summed E-state index contributed by atoms with van der Waals surface area (Å²) >= 11 is 0. The molecule has 30 heavy (non-hydrogen) atoms. The highest BCUT2D eigenvalue weighted by Crippen LogP contribution is 2.48. The molecule has 5 nitrogen and oxygen atoms in total. The zero-order chi connectivity index (χ0) is 22.2. The Morgan fingerprint density at radius 3 is 2.07 bits per heavy atom. The summed E-state index contributed by atoms with van der Waals surface area (Å²) in [4.78, 5) is 12.9. The zero-order valence-corrected chi connectivity index (χ0v) is 19.3. The fourth-order valence-electron chi connectivity index (χ4n) is 3.44. The Morgan fingerprint density at radius 1 is 1.03 bits per heavy atom. The Kier molecular flexibility index (Phi) is 6.01. The van der Waals surface area contributed by atoms with E-state index >= 15 is 0 Å². The lowest BCUT2D eigenvalue weighted by Gasteiger charge is -2.20. The number of hydrogen-bond donors (Lipinski definition) is 2. The molecular formula is C24H32N2O3S. The first kappa shape index (κ1) is 22.3. The Morgan fingerprint density at radius 2 is 1.60 bits per heavy atom. The van der Waals surface area contributed by atoms with Crippen molar-refractivity contribution < 1.29 is 13.2 Å². The van der Waals surface area contributed by atoms with Gasteiger partial charge in [-0.05, 0) is 67.0 Å². The molecule has 0 aromatic heterocycles. The first-order valence-corrected chi connectivity index (χ1v) is 12.0. The van der Waals surface area contributed by atoms with Crippen molar-refractivity contribution in [2.75, 3.05) is 4.72 Å². The molecule has 2 aromatic carbocycles. The van der Waals surface area contributed by atoms with Crippen molar-refractivity contribution in [2.24, 2.45) is 0 Å². The standard InChI is InChI=1S/C24H32N2O3S/c1-6-17(2)25-22(27)24(15-16-24)19-7-11-20(12-8-19)26-30(28,29)21-13-9-18(10-14-21)23(3,4)5/h7-14,17,26H,6,15-16H2,1-5H3,(H,25,27). The molecule has 0 aliphatic heterocycles. The van der Waals surface area contributed by atoms with E-state index in [0.29, 0.717) is 5.69 Å². The molecule has 0 bridgehead atoms. The topological polar surface area (TPSA) is 75.3 Å². The molecular weight excluding hydrogens is 396 g/mol. The Bertz CT molecular complexity index is 1000. The van der Waals surface area contributed by atoms with Crippen molar-refractivity contribution in [3.05, 3.63) is 59.7 Å². The molecule has 2 N–H and O–H groups in total. The van der Waals surface area contributed by atoms with Gasteiger partial charge in [-0.2, -0.15) is 0 Å². The van der Waals surface area contributed by atoms with Crippen LogP contribution >= 0.6 is 0 Å². The summed E-state index contributed by atoms with van der Waals surface area (Å²) < 4.78 is 28.1. The fraction of sp³-hybridized carbons (Fsp3) is 0.458. The van der Waals surface area contributed by atoms with Crippen LogP contribution in [0.2, 0.25) is 0 Å². The SMILES string of the molecule is CCC(C)NC(=O)C1(c2ccc(NS(=O)(=O)c3ccc(C(C)(C)C)cc3)cc2)CC1. The highest BCUT2D eigenvalue weighted by Gasteiger charge is 2.51. The molecule has 0 spiro atoms. The van der Waals surface area contributed by atoms with Gasteiger partial charge in [0.25, 0.3) is 10.0 Å². The van der Waals surface area contributed by atoms with Crippen LogP contribution in [-0.2, 0) is 25.6 Å². The number of sulfonamides is 1. The van der Waals surface area contributed by atoms with Crippen LogP contribution in [0.25, 0.3) is 0 Å². The van der Waals surface area contributed by atoms with Crippen molar-refractivity contribution in [1.29, 1.82) is 0 Å². The second-order valence-corrected chi connectivity index (χ2v) is 11.0. The number of carbonyl (C=O) groups is 1. The number of hydrogen-bond acceptors (Lipinski definition) is 3. The van der Waals surface area contributed by atoms with E-state index < -0.39 is 15.4 Å². The number of rotatable bonds is 7. The summed E-state index contributed by atoms with van der Waals surface area (Å²) in [5, 5.41) is 3.07. The predicted molar refractivity (Wildman–Crippen MR) is 121 cm³/mol. The summed E-state index contributed by atoms with van der Waals surface area (Å²) in [6, 6.07) is 14.3. The molecule has 162 valence electrons. The van der Waals surface area contributed by atoms with Crippen LogP contribution in [0.15, 0.2) is 53.4 Å². The molecule has 0 saturated heterocycles. The minimum Gasteiger partial charge on any atom is -0.353 e. The molecule has 6 heteroatoms. The van der Waals surface area contributed by atoms with E-state index in [-0.39, 0.29) is 22.3 Å². The highest BCUT2D eigenvalue weighted by molar-refractivity contribution is 7.92. The molecule has 0 heterocycles. The second kappa shape index (κ2) is 8.06. The van der Waals surface area contributed by atoms with E-state index in [0.717, 1.165) is 30.4 Å². The third-order valence-corrected chi connectivity index (χ3v) is 7.29. The average molecular weight is 429 g/mol. The van der Waals surface area contributed by atoms with Gasteiger partial charge in [-0.15, -0.1) is 0 Å². The molecule has 1 aliphatic carbocycles. The Hall–Kier alpha value is -2.34. The quantitative estimate of drug-likeness (QED) is 0.669. The largest absolute Gasteiger partial charge is 0.353 e. The van der Waals surface area contributed by atoms with Gasteiger partial charge < -0.3 is 5.32 Å². The van der Waals surface area contributed by atoms with Crippen molar-refractivity contribution in [1.82, 2.24) is 5.32 Å². The maximum Gasteiger partial charge on any atom is 0.261 e. The molecule has 1 amide bonds. The van der Waals surface area contributed by atoms with Gasteiger partial charge in [0.05, 0.1) is 10.3 Å². The lowest BCUT2D eigenvalue weighted by molar-refractivity contribution is -0.124. The molecule has 1 fully saturated rings. The summed E-state index contributed by atoms with van der Waals surface area (Å²) in [6.45, 7) is 10.3. The van der Waals surface area contributed by atoms with E-state index in [1.54, 1.807) is 24.3 Å². The van der Waals surface area contributed by atoms with Crippen LogP contribution in [0.1, 0.15) is 65.0 Å². The molecule has 2 aromatic rings. The van der Waals surface area contributed by atoms with Gasteiger partial charge in [0.15, 0.2) is 0 Å². The lowest BCUT2D eigenvalue weighted by Crippen LogP contribution is -2.39. The summed E-state index contributed by atoms with van der Waals surface area (Å²) in [5.41, 5.74) is 1.99. The molecule has 1 unspecified atom stereocenters. The molecule has 3 rings (SSSR count). The van der Waals surface area contributed by atoms with Crippen LogP contribution in [0.3, 0.4) is 0 Å². The maximum atomic E-state index is 12.7. The van der Waals surface area contributed by atoms with Crippen LogP contribution < -0.4 is 10.0 Å². The van der Waals surface area contributed by atoms with Crippen molar-refractivity contribution in [3.8, 4) is 0 Å². The molecule has 1 atom stereocenters. The van der Waals surface area contributed by atoms with Gasteiger partial charge >= 0.3 is 0 Å². The first-order chi connectivity index (χ1) is 14.0. The van der Waals surface area contributed by atoms with Gasteiger partial charge in [-0.25, -0.2) is 8.42 Å². The normalized spacial score (nSPS) is 16.6. The van der Waals surface area contributed by atoms with Crippen LogP contribution in [0, 0.1) is 0 Å². The van der Waals surface area contributed by atoms with Gasteiger partial charge in [-0.3, -0.25) is 9.52 Å². The number of carbonyl (C=O) groups excluding carboxylic acids is 1. The Balaban J connectivity index is 1.73. The molecule has 1 aliphatic rings. The number of amides is 1. The maximum absolute atomic E-state index is 12.7. The highest BCUT2D eigenvalue weighted by atomic mass is 32.2. The van der Waals surface area contributed by atoms with Crippen LogP contribution in [0.4, 0.5) is 5.69 Å². The lowest BCUT2D eigenvalue weighted by atomic mass is 9.87. The van der Waals surface area contributed by atoms with E-state index in [2.05, 4.69) is 30.8 Å². The summed E-state index contributed by atoms with van der Waals surface area (Å²) in [7, 11) is -3.67. The first-order valence-electron chi connectivity index (χ1n) is 10.5. The monoisotopic (exact) mass is 428 g/mol. The van der Waals surface area contributed by atoms with Crippen LogP contribution in [-0.4, -0.2) is 20.4 Å². The number of benzene rings is 2. The van der Waals surface area contributed by atoms with E-state index in [1.165, 1.54) is 0 Å². The average Bonchev–Trinajstić information content (AvgIpc) is 3.49. The van der Waals surface area contributed by atoms with Gasteiger partial charge in [-0.1, -0.05) is 52.0 Å². The summed E-state index contributed by atoms with van der Waals surface area (Å²) in [5.74, 6) is 0.0594. The number of anilines is 1. The summed E-state index contributed by atoms with van der Waals surface area (Å²) in [6.07, 6.45) is 2.53. The molecule has 0 radical (unpaired) electrons. The predicted octanol–water partition coefficient (Wildman–Crippen LogP) is 4.73. The minimum absolute atomic E-state index is 0.0362. The number of nitrogens with one attached hydrogen (secondary N) is 2. The Labute approximate surface area is 180 Å². The van der Waals surface area contributed by atoms with Gasteiger partial charge in [0.1, 0.15) is 0 Å². The smallest absolute Gasteiger partial charge is 0.261 e. The minimum atomic E-state index is -3.67.